The molecule has 2 aromatic carbocycles. The van der Waals surface area contributed by atoms with E-state index in [4.69, 9.17) is 0 Å². The molecule has 1 aliphatic heterocycles. The number of fused-ring (bicyclic) bond motifs is 1. The van der Waals surface area contributed by atoms with Crippen LogP contribution in [0.4, 0.5) is 5.69 Å². The lowest BCUT2D eigenvalue weighted by Gasteiger charge is -2.26. The number of anilines is 1. The van der Waals surface area contributed by atoms with E-state index in [1.54, 1.807) is 30.3 Å². The van der Waals surface area contributed by atoms with Crippen LogP contribution in [-0.4, -0.2) is 20.7 Å². The van der Waals surface area contributed by atoms with E-state index < -0.39 is 10.0 Å². The van der Waals surface area contributed by atoms with E-state index in [2.05, 4.69) is 0 Å². The highest BCUT2D eigenvalue weighted by Crippen LogP contribution is 2.33. The predicted molar refractivity (Wildman–Crippen MR) is 95.7 cm³/mol. The van der Waals surface area contributed by atoms with Crippen molar-refractivity contribution in [1.82, 2.24) is 0 Å². The van der Waals surface area contributed by atoms with E-state index in [0.29, 0.717) is 5.69 Å². The third-order valence-corrected chi connectivity index (χ3v) is 5.84. The van der Waals surface area contributed by atoms with Crippen molar-refractivity contribution in [3.05, 3.63) is 64.7 Å². The molecule has 0 saturated carbocycles. The Labute approximate surface area is 142 Å². The van der Waals surface area contributed by atoms with Gasteiger partial charge in [-0.05, 0) is 62.2 Å². The molecule has 0 unspecified atom stereocenters. The lowest BCUT2D eigenvalue weighted by molar-refractivity contribution is -0.113. The minimum atomic E-state index is -3.81. The predicted octanol–water partition coefficient (Wildman–Crippen LogP) is 3.40. The highest BCUT2D eigenvalue weighted by Gasteiger charge is 2.30. The Morgan fingerprint density at radius 3 is 2.25 bits per heavy atom. The van der Waals surface area contributed by atoms with Crippen LogP contribution in [0.2, 0.25) is 0 Å². The third-order valence-electron chi connectivity index (χ3n) is 4.08. The molecule has 0 aromatic heterocycles. The number of carbonyl (C=O) groups is 1. The maximum Gasteiger partial charge on any atom is 0.264 e. The summed E-state index contributed by atoms with van der Waals surface area (Å²) in [6.45, 7) is 5.53. The van der Waals surface area contributed by atoms with Crippen molar-refractivity contribution >= 4 is 27.6 Å². The average molecular weight is 341 g/mol. The zero-order valence-electron chi connectivity index (χ0n) is 13.9. The van der Waals surface area contributed by atoms with E-state index in [9.17, 15) is 13.2 Å². The molecule has 0 aliphatic carbocycles. The summed E-state index contributed by atoms with van der Waals surface area (Å²) >= 11 is 0. The van der Waals surface area contributed by atoms with E-state index in [1.165, 1.54) is 10.4 Å². The summed E-state index contributed by atoms with van der Waals surface area (Å²) in [4.78, 5) is 12.3. The molecule has 1 aliphatic rings. The molecule has 0 amide bonds. The second-order valence-corrected chi connectivity index (χ2v) is 8.01. The van der Waals surface area contributed by atoms with Crippen LogP contribution < -0.4 is 4.31 Å². The van der Waals surface area contributed by atoms with Crippen molar-refractivity contribution in [2.24, 2.45) is 0 Å². The van der Waals surface area contributed by atoms with Gasteiger partial charge < -0.3 is 0 Å². The number of carbonyl (C=O) groups excluding carboxylic acids is 1. The van der Waals surface area contributed by atoms with Gasteiger partial charge in [-0.25, -0.2) is 8.42 Å². The van der Waals surface area contributed by atoms with Crippen LogP contribution in [0.3, 0.4) is 0 Å². The van der Waals surface area contributed by atoms with Crippen molar-refractivity contribution in [3.8, 4) is 0 Å². The molecule has 0 atom stereocenters. The minimum Gasteiger partial charge on any atom is -0.293 e. The molecule has 4 nitrogen and oxygen atoms in total. The first-order chi connectivity index (χ1) is 11.3. The number of ketones is 1. The lowest BCUT2D eigenvalue weighted by Crippen LogP contribution is -2.35. The van der Waals surface area contributed by atoms with E-state index in [0.717, 1.165) is 22.3 Å². The third kappa shape index (κ3) is 2.87. The van der Waals surface area contributed by atoms with Gasteiger partial charge in [0.1, 0.15) is 0 Å². The lowest BCUT2D eigenvalue weighted by atomic mass is 10.0. The molecule has 3 rings (SSSR count). The number of nitrogens with zero attached hydrogens (tertiary/aromatic N) is 1. The Morgan fingerprint density at radius 2 is 1.58 bits per heavy atom. The maximum atomic E-state index is 13.1. The SMILES string of the molecule is Cc1ccc(S(=O)(=O)N2CC(=O)C=Cc3cc(C)cc(C)c32)cc1. The van der Waals surface area contributed by atoms with Crippen LogP contribution in [0.5, 0.6) is 0 Å². The quantitative estimate of drug-likeness (QED) is 0.841. The molecule has 0 N–H and O–H groups in total. The summed E-state index contributed by atoms with van der Waals surface area (Å²) in [6, 6.07) is 10.5. The summed E-state index contributed by atoms with van der Waals surface area (Å²) in [5.74, 6) is -0.237. The van der Waals surface area contributed by atoms with Gasteiger partial charge in [0.2, 0.25) is 0 Å². The smallest absolute Gasteiger partial charge is 0.264 e. The topological polar surface area (TPSA) is 54.5 Å². The van der Waals surface area contributed by atoms with Crippen molar-refractivity contribution in [3.63, 3.8) is 0 Å². The first kappa shape index (κ1) is 16.5. The fourth-order valence-corrected chi connectivity index (χ4v) is 4.48. The van der Waals surface area contributed by atoms with Gasteiger partial charge >= 0.3 is 0 Å². The van der Waals surface area contributed by atoms with Crippen LogP contribution >= 0.6 is 0 Å². The number of benzene rings is 2. The molecule has 1 heterocycles. The molecule has 0 saturated heterocycles. The van der Waals surface area contributed by atoms with Gasteiger partial charge in [0.05, 0.1) is 17.1 Å². The molecule has 2 aromatic rings. The number of aryl methyl sites for hydroxylation is 3. The Hall–Kier alpha value is -2.40. The van der Waals surface area contributed by atoms with E-state index in [1.807, 2.05) is 32.9 Å². The van der Waals surface area contributed by atoms with Gasteiger partial charge in [-0.2, -0.15) is 0 Å². The fourth-order valence-electron chi connectivity index (χ4n) is 2.96. The van der Waals surface area contributed by atoms with Crippen LogP contribution in [0.15, 0.2) is 47.4 Å². The number of hydrogen-bond acceptors (Lipinski definition) is 3. The van der Waals surface area contributed by atoms with Crippen molar-refractivity contribution in [2.45, 2.75) is 25.7 Å². The highest BCUT2D eigenvalue weighted by molar-refractivity contribution is 7.92. The molecular formula is C19H19NO3S. The first-order valence-electron chi connectivity index (χ1n) is 7.70. The molecule has 5 heteroatoms. The number of hydrogen-bond donors (Lipinski definition) is 0. The maximum absolute atomic E-state index is 13.1. The summed E-state index contributed by atoms with van der Waals surface area (Å²) in [5, 5.41) is 0. The van der Waals surface area contributed by atoms with Crippen LogP contribution in [-0.2, 0) is 14.8 Å². The summed E-state index contributed by atoms with van der Waals surface area (Å²) in [6.07, 6.45) is 3.14. The fraction of sp³-hybridized carbons (Fsp3) is 0.211. The van der Waals surface area contributed by atoms with Crippen LogP contribution in [0.25, 0.3) is 6.08 Å². The van der Waals surface area contributed by atoms with Crippen LogP contribution in [0, 0.1) is 20.8 Å². The van der Waals surface area contributed by atoms with Crippen molar-refractivity contribution < 1.29 is 13.2 Å². The molecule has 0 bridgehead atoms. The molecular weight excluding hydrogens is 322 g/mol. The second kappa shape index (κ2) is 5.91. The van der Waals surface area contributed by atoms with Gasteiger partial charge in [0.25, 0.3) is 10.0 Å². The molecule has 0 radical (unpaired) electrons. The Bertz CT molecular complexity index is 941. The van der Waals surface area contributed by atoms with Crippen LogP contribution in [0.1, 0.15) is 22.3 Å². The average Bonchev–Trinajstić information content (AvgIpc) is 2.67. The van der Waals surface area contributed by atoms with Gasteiger partial charge in [-0.3, -0.25) is 9.10 Å². The summed E-state index contributed by atoms with van der Waals surface area (Å²) in [7, 11) is -3.81. The van der Waals surface area contributed by atoms with Crippen molar-refractivity contribution in [2.75, 3.05) is 10.8 Å². The second-order valence-electron chi connectivity index (χ2n) is 6.14. The highest BCUT2D eigenvalue weighted by atomic mass is 32.2. The first-order valence-corrected chi connectivity index (χ1v) is 9.14. The normalized spacial score (nSPS) is 14.5. The molecule has 24 heavy (non-hydrogen) atoms. The summed E-state index contributed by atoms with van der Waals surface area (Å²) in [5.41, 5.74) is 4.16. The van der Waals surface area contributed by atoms with Gasteiger partial charge in [-0.1, -0.05) is 29.3 Å². The zero-order chi connectivity index (χ0) is 17.5. The summed E-state index contributed by atoms with van der Waals surface area (Å²) < 4.78 is 27.5. The Balaban J connectivity index is 2.21. The van der Waals surface area contributed by atoms with E-state index in [-0.39, 0.29) is 17.2 Å². The van der Waals surface area contributed by atoms with Crippen molar-refractivity contribution in [1.29, 1.82) is 0 Å². The minimum absolute atomic E-state index is 0.189. The largest absolute Gasteiger partial charge is 0.293 e. The molecule has 0 fully saturated rings. The standard InChI is InChI=1S/C19H19NO3S/c1-13-4-8-18(9-5-13)24(22,23)20-12-17(21)7-6-16-11-14(2)10-15(3)19(16)20/h4-11H,12H2,1-3H3. The Morgan fingerprint density at radius 1 is 0.917 bits per heavy atom. The number of sulfonamides is 1. The number of rotatable bonds is 2. The monoisotopic (exact) mass is 341 g/mol. The Kier molecular flexibility index (Phi) is 4.05. The van der Waals surface area contributed by atoms with Gasteiger partial charge in [0, 0.05) is 0 Å². The van der Waals surface area contributed by atoms with Gasteiger partial charge in [-0.15, -0.1) is 0 Å². The van der Waals surface area contributed by atoms with Gasteiger partial charge in [0.15, 0.2) is 5.78 Å². The van der Waals surface area contributed by atoms with E-state index >= 15 is 0 Å². The zero-order valence-corrected chi connectivity index (χ0v) is 14.7. The molecule has 124 valence electrons. The molecule has 0 spiro atoms.